The lowest BCUT2D eigenvalue weighted by Gasteiger charge is -2.32. The molecule has 1 saturated heterocycles. The Labute approximate surface area is 174 Å². The molecule has 1 atom stereocenters. The van der Waals surface area contributed by atoms with E-state index in [4.69, 9.17) is 18.6 Å². The zero-order valence-electron chi connectivity index (χ0n) is 16.6. The van der Waals surface area contributed by atoms with Gasteiger partial charge in [0, 0.05) is 18.5 Å². The van der Waals surface area contributed by atoms with Crippen LogP contribution in [0.3, 0.4) is 0 Å². The van der Waals surface area contributed by atoms with Gasteiger partial charge in [-0.15, -0.1) is 0 Å². The summed E-state index contributed by atoms with van der Waals surface area (Å²) in [6.07, 6.45) is 2.11. The molecule has 4 rings (SSSR count). The second-order valence-corrected chi connectivity index (χ2v) is 7.23. The molecule has 2 aromatic rings. The monoisotopic (exact) mass is 416 g/mol. The highest BCUT2D eigenvalue weighted by molar-refractivity contribution is 6.35. The molecular weight excluding hydrogens is 390 g/mol. The van der Waals surface area contributed by atoms with E-state index >= 15 is 0 Å². The minimum atomic E-state index is -0.650. The predicted molar refractivity (Wildman–Crippen MR) is 105 cm³/mol. The molecule has 2 aliphatic rings. The first-order valence-corrected chi connectivity index (χ1v) is 10.1. The fourth-order valence-electron chi connectivity index (χ4n) is 3.72. The van der Waals surface area contributed by atoms with Gasteiger partial charge in [-0.2, -0.15) is 0 Å². The van der Waals surface area contributed by atoms with E-state index in [0.717, 1.165) is 30.2 Å². The normalized spacial score (nSPS) is 16.8. The van der Waals surface area contributed by atoms with Crippen LogP contribution in [-0.2, 0) is 20.7 Å². The van der Waals surface area contributed by atoms with Crippen molar-refractivity contribution in [3.8, 4) is 11.5 Å². The SMILES string of the molecule is O=C(NCCc1ccco1)C(=O)NC[C@H](c1ccc2c(c1)OCO2)[NH+]1CCOCC1. The molecule has 0 unspecified atom stereocenters. The van der Waals surface area contributed by atoms with Crippen LogP contribution in [-0.4, -0.2) is 58.0 Å². The molecule has 2 aliphatic heterocycles. The third kappa shape index (κ3) is 4.92. The smallest absolute Gasteiger partial charge is 0.309 e. The van der Waals surface area contributed by atoms with Crippen molar-refractivity contribution in [1.82, 2.24) is 10.6 Å². The topological polar surface area (TPSA) is 103 Å². The quantitative estimate of drug-likeness (QED) is 0.523. The summed E-state index contributed by atoms with van der Waals surface area (Å²) >= 11 is 0. The van der Waals surface area contributed by atoms with Gasteiger partial charge in [-0.25, -0.2) is 0 Å². The average molecular weight is 416 g/mol. The van der Waals surface area contributed by atoms with Crippen molar-refractivity contribution in [1.29, 1.82) is 0 Å². The van der Waals surface area contributed by atoms with Crippen molar-refractivity contribution in [2.24, 2.45) is 0 Å². The molecule has 160 valence electrons. The predicted octanol–water partition coefficient (Wildman–Crippen LogP) is -0.560. The summed E-state index contributed by atoms with van der Waals surface area (Å²) in [7, 11) is 0. The Bertz CT molecular complexity index is 864. The number of quaternary nitrogens is 1. The summed E-state index contributed by atoms with van der Waals surface area (Å²) in [5.74, 6) is 0.881. The van der Waals surface area contributed by atoms with Crippen LogP contribution in [0, 0.1) is 0 Å². The van der Waals surface area contributed by atoms with Gasteiger partial charge in [0.05, 0.1) is 26.0 Å². The van der Waals surface area contributed by atoms with Crippen molar-refractivity contribution in [2.75, 3.05) is 46.2 Å². The van der Waals surface area contributed by atoms with Gasteiger partial charge in [0.25, 0.3) is 0 Å². The number of morpholine rings is 1. The largest absolute Gasteiger partial charge is 0.469 e. The van der Waals surface area contributed by atoms with Gasteiger partial charge in [-0.3, -0.25) is 9.59 Å². The van der Waals surface area contributed by atoms with E-state index in [-0.39, 0.29) is 12.8 Å². The lowest BCUT2D eigenvalue weighted by Crippen LogP contribution is -3.15. The van der Waals surface area contributed by atoms with E-state index in [2.05, 4.69) is 10.6 Å². The van der Waals surface area contributed by atoms with E-state index in [0.29, 0.717) is 38.5 Å². The number of rotatable bonds is 7. The summed E-state index contributed by atoms with van der Waals surface area (Å²) in [6.45, 7) is 3.85. The molecule has 30 heavy (non-hydrogen) atoms. The number of hydrogen-bond acceptors (Lipinski definition) is 6. The van der Waals surface area contributed by atoms with E-state index < -0.39 is 11.8 Å². The number of benzene rings is 1. The molecule has 0 bridgehead atoms. The Morgan fingerprint density at radius 1 is 1.03 bits per heavy atom. The zero-order chi connectivity index (χ0) is 20.8. The number of nitrogens with one attached hydrogen (secondary N) is 3. The van der Waals surface area contributed by atoms with Crippen LogP contribution < -0.4 is 25.0 Å². The first-order chi connectivity index (χ1) is 14.7. The van der Waals surface area contributed by atoms with E-state index in [1.54, 1.807) is 12.3 Å². The van der Waals surface area contributed by atoms with E-state index in [9.17, 15) is 9.59 Å². The number of carbonyl (C=O) groups excluding carboxylic acids is 2. The number of furan rings is 1. The minimum absolute atomic E-state index is 0.0248. The van der Waals surface area contributed by atoms with Gasteiger partial charge in [-0.1, -0.05) is 0 Å². The number of hydrogen-bond donors (Lipinski definition) is 3. The standard InChI is InChI=1S/C21H25N3O6/c25-20(22-6-5-16-2-1-9-28-16)21(26)23-13-17(24-7-10-27-11-8-24)15-3-4-18-19(12-15)30-14-29-18/h1-4,9,12,17H,5-8,10-11,13-14H2,(H,22,25)(H,23,26)/p+1/t17-/m1/s1. The van der Waals surface area contributed by atoms with E-state index in [1.165, 1.54) is 4.90 Å². The summed E-state index contributed by atoms with van der Waals surface area (Å²) in [6, 6.07) is 9.40. The number of fused-ring (bicyclic) bond motifs is 1. The first-order valence-electron chi connectivity index (χ1n) is 10.1. The van der Waals surface area contributed by atoms with Crippen LogP contribution in [0.15, 0.2) is 41.0 Å². The van der Waals surface area contributed by atoms with Gasteiger partial charge in [-0.05, 0) is 30.3 Å². The fourth-order valence-corrected chi connectivity index (χ4v) is 3.72. The number of amides is 2. The van der Waals surface area contributed by atoms with Crippen molar-refractivity contribution >= 4 is 11.8 Å². The summed E-state index contributed by atoms with van der Waals surface area (Å²) < 4.78 is 21.6. The Hall–Kier alpha value is -3.04. The molecule has 9 nitrogen and oxygen atoms in total. The highest BCUT2D eigenvalue weighted by Gasteiger charge is 2.29. The average Bonchev–Trinajstić information content (AvgIpc) is 3.46. The molecule has 3 N–H and O–H groups in total. The van der Waals surface area contributed by atoms with Crippen molar-refractivity contribution < 1.29 is 33.1 Å². The second kappa shape index (κ2) is 9.64. The molecule has 0 saturated carbocycles. The second-order valence-electron chi connectivity index (χ2n) is 7.23. The van der Waals surface area contributed by atoms with Crippen LogP contribution in [0.25, 0.3) is 0 Å². The van der Waals surface area contributed by atoms with Crippen LogP contribution in [0.4, 0.5) is 0 Å². The third-order valence-corrected chi connectivity index (χ3v) is 5.34. The Morgan fingerprint density at radius 3 is 2.63 bits per heavy atom. The van der Waals surface area contributed by atoms with Gasteiger partial charge < -0.3 is 34.2 Å². The number of ether oxygens (including phenoxy) is 3. The molecule has 9 heteroatoms. The van der Waals surface area contributed by atoms with Gasteiger partial charge in [0.15, 0.2) is 11.5 Å². The van der Waals surface area contributed by atoms with Crippen molar-refractivity contribution in [2.45, 2.75) is 12.5 Å². The van der Waals surface area contributed by atoms with Gasteiger partial charge >= 0.3 is 11.8 Å². The molecule has 2 amide bonds. The Kier molecular flexibility index (Phi) is 6.50. The van der Waals surface area contributed by atoms with Gasteiger partial charge in [0.2, 0.25) is 6.79 Å². The summed E-state index contributed by atoms with van der Waals surface area (Å²) in [5.41, 5.74) is 1.02. The number of carbonyl (C=O) groups is 2. The van der Waals surface area contributed by atoms with E-state index in [1.807, 2.05) is 24.3 Å². The minimum Gasteiger partial charge on any atom is -0.469 e. The van der Waals surface area contributed by atoms with Gasteiger partial charge in [0.1, 0.15) is 24.9 Å². The molecule has 1 aromatic heterocycles. The molecule has 0 spiro atoms. The summed E-state index contributed by atoms with van der Waals surface area (Å²) in [4.78, 5) is 25.7. The maximum absolute atomic E-state index is 12.3. The highest BCUT2D eigenvalue weighted by atomic mass is 16.7. The Balaban J connectivity index is 1.35. The maximum atomic E-state index is 12.3. The highest BCUT2D eigenvalue weighted by Crippen LogP contribution is 2.33. The van der Waals surface area contributed by atoms with Crippen LogP contribution in [0.5, 0.6) is 11.5 Å². The van der Waals surface area contributed by atoms with Crippen LogP contribution >= 0.6 is 0 Å². The molecule has 1 fully saturated rings. The Morgan fingerprint density at radius 2 is 1.83 bits per heavy atom. The maximum Gasteiger partial charge on any atom is 0.309 e. The zero-order valence-corrected chi connectivity index (χ0v) is 16.6. The van der Waals surface area contributed by atoms with Crippen molar-refractivity contribution in [3.05, 3.63) is 47.9 Å². The summed E-state index contributed by atoms with van der Waals surface area (Å²) in [5, 5.41) is 5.41. The van der Waals surface area contributed by atoms with Crippen molar-refractivity contribution in [3.63, 3.8) is 0 Å². The molecule has 1 aromatic carbocycles. The fraction of sp³-hybridized carbons (Fsp3) is 0.429. The molecule has 0 radical (unpaired) electrons. The molecule has 3 heterocycles. The lowest BCUT2D eigenvalue weighted by molar-refractivity contribution is -0.937. The molecule has 0 aliphatic carbocycles. The van der Waals surface area contributed by atoms with Crippen LogP contribution in [0.2, 0.25) is 0 Å². The lowest BCUT2D eigenvalue weighted by atomic mass is 10.0. The molecular formula is C21H26N3O6+. The van der Waals surface area contributed by atoms with Crippen LogP contribution in [0.1, 0.15) is 17.4 Å². The first kappa shape index (κ1) is 20.2. The third-order valence-electron chi connectivity index (χ3n) is 5.34.